The molecule has 0 aromatic heterocycles. The first-order chi connectivity index (χ1) is 14.1. The van der Waals surface area contributed by atoms with E-state index in [0.29, 0.717) is 19.3 Å². The van der Waals surface area contributed by atoms with Gasteiger partial charge in [-0.15, -0.1) is 0 Å². The van der Waals surface area contributed by atoms with E-state index in [1.165, 1.54) is 7.11 Å². The van der Waals surface area contributed by atoms with E-state index in [2.05, 4.69) is 13.8 Å². The molecule has 6 heteroatoms. The number of carboxylic acids is 1. The van der Waals surface area contributed by atoms with E-state index in [-0.39, 0.29) is 53.7 Å². The lowest BCUT2D eigenvalue weighted by Gasteiger charge is -2.60. The van der Waals surface area contributed by atoms with Crippen LogP contribution in [0.3, 0.4) is 0 Å². The summed E-state index contributed by atoms with van der Waals surface area (Å²) in [6.07, 6.45) is 6.99. The Morgan fingerprint density at radius 2 is 1.87 bits per heavy atom. The standard InChI is InChI=1S/C24H34O6/c1-22-8-4-15(25)12-14(22)13-16(21(28)30-3)20-17(22)5-9-23(2)18(20)6-10-24(23,29)11-7-19(26)27/h12,16-18,20,29H,4-11,13H2,1-3H3,(H,26,27)/t16-,17+,18+,20?,22+,23+,24-/m1/s1. The molecular formula is C24H34O6. The van der Waals surface area contributed by atoms with Crippen molar-refractivity contribution in [3.05, 3.63) is 11.6 Å². The van der Waals surface area contributed by atoms with Crippen molar-refractivity contribution < 1.29 is 29.3 Å². The van der Waals surface area contributed by atoms with Crippen LogP contribution >= 0.6 is 0 Å². The molecule has 6 nitrogen and oxygen atoms in total. The third-order valence-electron chi connectivity index (χ3n) is 9.59. The molecule has 4 aliphatic rings. The molecule has 4 rings (SSSR count). The van der Waals surface area contributed by atoms with Crippen molar-refractivity contribution in [1.29, 1.82) is 0 Å². The first-order valence-electron chi connectivity index (χ1n) is 11.3. The molecule has 7 atom stereocenters. The molecule has 4 aliphatic carbocycles. The van der Waals surface area contributed by atoms with Gasteiger partial charge in [-0.2, -0.15) is 0 Å². The van der Waals surface area contributed by atoms with Gasteiger partial charge < -0.3 is 14.9 Å². The second-order valence-electron chi connectivity index (χ2n) is 10.6. The Hall–Kier alpha value is -1.69. The highest BCUT2D eigenvalue weighted by atomic mass is 16.5. The summed E-state index contributed by atoms with van der Waals surface area (Å²) in [4.78, 5) is 36.2. The fourth-order valence-electron chi connectivity index (χ4n) is 7.79. The molecule has 1 unspecified atom stereocenters. The normalized spacial score (nSPS) is 45.1. The zero-order valence-electron chi connectivity index (χ0n) is 18.3. The minimum atomic E-state index is -1.01. The molecule has 0 radical (unpaired) electrons. The van der Waals surface area contributed by atoms with Crippen LogP contribution in [0, 0.1) is 34.5 Å². The van der Waals surface area contributed by atoms with Crippen molar-refractivity contribution in [2.75, 3.05) is 7.11 Å². The molecule has 0 amide bonds. The number of methoxy groups -OCH3 is 1. The third kappa shape index (κ3) is 2.97. The lowest BCUT2D eigenvalue weighted by atomic mass is 9.44. The Labute approximate surface area is 178 Å². The van der Waals surface area contributed by atoms with Crippen LogP contribution in [-0.2, 0) is 19.1 Å². The van der Waals surface area contributed by atoms with Gasteiger partial charge in [0, 0.05) is 12.8 Å². The summed E-state index contributed by atoms with van der Waals surface area (Å²) in [5.41, 5.74) is -0.413. The zero-order valence-corrected chi connectivity index (χ0v) is 18.3. The number of hydrogen-bond donors (Lipinski definition) is 2. The quantitative estimate of drug-likeness (QED) is 0.678. The van der Waals surface area contributed by atoms with Crippen molar-refractivity contribution in [3.8, 4) is 0 Å². The Balaban J connectivity index is 1.73. The average Bonchev–Trinajstić information content (AvgIpc) is 2.97. The zero-order chi connectivity index (χ0) is 21.9. The molecule has 0 aromatic carbocycles. The second-order valence-corrected chi connectivity index (χ2v) is 10.6. The van der Waals surface area contributed by atoms with E-state index in [4.69, 9.17) is 4.74 Å². The van der Waals surface area contributed by atoms with Crippen LogP contribution in [0.15, 0.2) is 11.6 Å². The number of esters is 1. The number of fused-ring (bicyclic) bond motifs is 5. The van der Waals surface area contributed by atoms with Crippen molar-refractivity contribution in [2.45, 2.75) is 77.2 Å². The number of rotatable bonds is 4. The van der Waals surface area contributed by atoms with Gasteiger partial charge >= 0.3 is 11.9 Å². The van der Waals surface area contributed by atoms with E-state index in [0.717, 1.165) is 31.3 Å². The lowest BCUT2D eigenvalue weighted by Crippen LogP contribution is -2.58. The van der Waals surface area contributed by atoms with Gasteiger partial charge in [0.1, 0.15) is 0 Å². The molecule has 166 valence electrons. The number of carbonyl (C=O) groups is 3. The number of allylic oxidation sites excluding steroid dienone is 1. The Morgan fingerprint density at radius 3 is 2.53 bits per heavy atom. The van der Waals surface area contributed by atoms with Crippen LogP contribution in [0.5, 0.6) is 0 Å². The summed E-state index contributed by atoms with van der Waals surface area (Å²) in [6.45, 7) is 4.36. The maximum absolute atomic E-state index is 12.9. The SMILES string of the molecule is COC(=O)[C@@H]1CC2=CC(=O)CC[C@]2(C)[C@H]2CC[C@@]3(C)[C@@H](CC[C@@]3(O)CCC(=O)O)C12. The van der Waals surface area contributed by atoms with Gasteiger partial charge in [-0.1, -0.05) is 19.4 Å². The van der Waals surface area contributed by atoms with Crippen LogP contribution in [0.1, 0.15) is 71.6 Å². The number of carbonyl (C=O) groups excluding carboxylic acids is 2. The summed E-state index contributed by atoms with van der Waals surface area (Å²) in [5, 5.41) is 20.7. The van der Waals surface area contributed by atoms with E-state index in [1.54, 1.807) is 6.08 Å². The highest BCUT2D eigenvalue weighted by molar-refractivity contribution is 5.92. The number of carboxylic acid groups (broad SMARTS) is 1. The van der Waals surface area contributed by atoms with Crippen molar-refractivity contribution in [3.63, 3.8) is 0 Å². The molecule has 2 N–H and O–H groups in total. The van der Waals surface area contributed by atoms with Gasteiger partial charge in [0.25, 0.3) is 0 Å². The predicted molar refractivity (Wildman–Crippen MR) is 109 cm³/mol. The molecule has 30 heavy (non-hydrogen) atoms. The maximum Gasteiger partial charge on any atom is 0.309 e. The molecule has 3 saturated carbocycles. The number of ether oxygens (including phenoxy) is 1. The predicted octanol–water partition coefficient (Wildman–Crippen LogP) is 3.51. The molecule has 0 aromatic rings. The molecule has 0 bridgehead atoms. The van der Waals surface area contributed by atoms with E-state index in [1.807, 2.05) is 0 Å². The maximum atomic E-state index is 12.9. The lowest BCUT2D eigenvalue weighted by molar-refractivity contribution is -0.169. The monoisotopic (exact) mass is 418 g/mol. The van der Waals surface area contributed by atoms with Gasteiger partial charge in [-0.25, -0.2) is 0 Å². The van der Waals surface area contributed by atoms with Gasteiger partial charge in [-0.05, 0) is 79.6 Å². The molecule has 0 aliphatic heterocycles. The van der Waals surface area contributed by atoms with Gasteiger partial charge in [0.2, 0.25) is 0 Å². The molecule has 0 spiro atoms. The number of aliphatic carboxylic acids is 1. The Kier molecular flexibility index (Phi) is 5.16. The van der Waals surface area contributed by atoms with Crippen LogP contribution < -0.4 is 0 Å². The summed E-state index contributed by atoms with van der Waals surface area (Å²) in [7, 11) is 1.42. The highest BCUT2D eigenvalue weighted by Gasteiger charge is 2.66. The van der Waals surface area contributed by atoms with Crippen LogP contribution in [0.2, 0.25) is 0 Å². The van der Waals surface area contributed by atoms with Gasteiger partial charge in [0.15, 0.2) is 5.78 Å². The van der Waals surface area contributed by atoms with E-state index < -0.39 is 17.0 Å². The number of ketones is 1. The largest absolute Gasteiger partial charge is 0.481 e. The minimum Gasteiger partial charge on any atom is -0.481 e. The first-order valence-corrected chi connectivity index (χ1v) is 11.3. The van der Waals surface area contributed by atoms with E-state index >= 15 is 0 Å². The van der Waals surface area contributed by atoms with Crippen LogP contribution in [0.4, 0.5) is 0 Å². The summed E-state index contributed by atoms with van der Waals surface area (Å²) < 4.78 is 5.20. The molecular weight excluding hydrogens is 384 g/mol. The van der Waals surface area contributed by atoms with Gasteiger partial charge in [-0.3, -0.25) is 14.4 Å². The Morgan fingerprint density at radius 1 is 1.17 bits per heavy atom. The Bertz CT molecular complexity index is 802. The molecule has 0 heterocycles. The molecule has 0 saturated heterocycles. The number of aliphatic hydroxyl groups is 1. The fourth-order valence-corrected chi connectivity index (χ4v) is 7.79. The van der Waals surface area contributed by atoms with Crippen LogP contribution in [0.25, 0.3) is 0 Å². The topological polar surface area (TPSA) is 101 Å². The average molecular weight is 419 g/mol. The van der Waals surface area contributed by atoms with Crippen molar-refractivity contribution in [1.82, 2.24) is 0 Å². The van der Waals surface area contributed by atoms with Gasteiger partial charge in [0.05, 0.1) is 18.6 Å². The smallest absolute Gasteiger partial charge is 0.309 e. The summed E-state index contributed by atoms with van der Waals surface area (Å²) in [6, 6.07) is 0. The second kappa shape index (κ2) is 7.18. The number of hydrogen-bond acceptors (Lipinski definition) is 5. The first kappa shape index (κ1) is 21.5. The van der Waals surface area contributed by atoms with Crippen LogP contribution in [-0.4, -0.2) is 40.6 Å². The summed E-state index contributed by atoms with van der Waals surface area (Å²) >= 11 is 0. The third-order valence-corrected chi connectivity index (χ3v) is 9.59. The van der Waals surface area contributed by atoms with Crippen molar-refractivity contribution >= 4 is 17.7 Å². The molecule has 3 fully saturated rings. The fraction of sp³-hybridized carbons (Fsp3) is 0.792. The highest BCUT2D eigenvalue weighted by Crippen LogP contribution is 2.69. The summed E-state index contributed by atoms with van der Waals surface area (Å²) in [5.74, 6) is -0.763. The van der Waals surface area contributed by atoms with Crippen molar-refractivity contribution in [2.24, 2.45) is 34.5 Å². The minimum absolute atomic E-state index is 0.0416. The van der Waals surface area contributed by atoms with E-state index in [9.17, 15) is 24.6 Å².